The molecule has 72 valence electrons. The Morgan fingerprint density at radius 2 is 2.00 bits per heavy atom. The Morgan fingerprint density at radius 1 is 1.33 bits per heavy atom. The number of unbranched alkanes of at least 4 members (excludes halogenated alkanes) is 3. The van der Waals surface area contributed by atoms with Gasteiger partial charge < -0.3 is 4.74 Å². The van der Waals surface area contributed by atoms with E-state index in [1.807, 2.05) is 0 Å². The van der Waals surface area contributed by atoms with Crippen LogP contribution in [-0.4, -0.2) is 19.6 Å². The van der Waals surface area contributed by atoms with Gasteiger partial charge in [0.05, 0.1) is 7.11 Å². The van der Waals surface area contributed by atoms with Crippen molar-refractivity contribution in [2.45, 2.75) is 32.1 Å². The van der Waals surface area contributed by atoms with Gasteiger partial charge in [0.15, 0.2) is 0 Å². The van der Waals surface area contributed by atoms with Gasteiger partial charge in [-0.15, -0.1) is 0 Å². The van der Waals surface area contributed by atoms with Gasteiger partial charge in [-0.3, -0.25) is 4.79 Å². The number of nitrogens with one attached hydrogen (secondary N) is 1. The largest absolute Gasteiger partial charge is 0.469 e. The van der Waals surface area contributed by atoms with E-state index in [1.54, 1.807) is 0 Å². The third-order valence-corrected chi connectivity index (χ3v) is 1.82. The number of hydrogen-bond donors (Lipinski definition) is 1. The summed E-state index contributed by atoms with van der Waals surface area (Å²) in [6.07, 6.45) is 4.68. The van der Waals surface area contributed by atoms with Crippen LogP contribution in [0.3, 0.4) is 0 Å². The molecular weight excluding hydrogens is 178 g/mol. The second kappa shape index (κ2) is 8.81. The zero-order valence-electron chi connectivity index (χ0n) is 7.44. The van der Waals surface area contributed by atoms with Gasteiger partial charge in [-0.1, -0.05) is 12.8 Å². The average molecular weight is 194 g/mol. The molecule has 0 spiro atoms. The van der Waals surface area contributed by atoms with Gasteiger partial charge in [-0.2, -0.15) is 0 Å². The molecule has 0 rings (SSSR count). The van der Waals surface area contributed by atoms with E-state index in [0.29, 0.717) is 6.42 Å². The maximum absolute atomic E-state index is 10.6. The zero-order chi connectivity index (χ0) is 9.23. The molecule has 0 amide bonds. The molecule has 0 fully saturated rings. The number of rotatable bonds is 7. The van der Waals surface area contributed by atoms with Crippen LogP contribution in [0, 0.1) is 0 Å². The van der Waals surface area contributed by atoms with Gasteiger partial charge in [0.2, 0.25) is 0 Å². The van der Waals surface area contributed by atoms with Crippen LogP contribution in [0.2, 0.25) is 0 Å². The monoisotopic (exact) mass is 193 g/mol. The minimum atomic E-state index is -0.120. The molecule has 0 aliphatic rings. The molecule has 0 saturated heterocycles. The SMILES string of the molecule is COC(=O)CCCCCCNCl. The topological polar surface area (TPSA) is 38.3 Å². The Morgan fingerprint density at radius 3 is 2.58 bits per heavy atom. The van der Waals surface area contributed by atoms with E-state index in [2.05, 4.69) is 9.57 Å². The summed E-state index contributed by atoms with van der Waals surface area (Å²) in [7, 11) is 1.42. The Balaban J connectivity index is 2.95. The fourth-order valence-electron chi connectivity index (χ4n) is 0.917. The molecule has 12 heavy (non-hydrogen) atoms. The van der Waals surface area contributed by atoms with Crippen molar-refractivity contribution >= 4 is 17.7 Å². The fourth-order valence-corrected chi connectivity index (χ4v) is 1.05. The number of carbonyl (C=O) groups is 1. The van der Waals surface area contributed by atoms with E-state index < -0.39 is 0 Å². The average Bonchev–Trinajstić information content (AvgIpc) is 2.10. The predicted octanol–water partition coefficient (Wildman–Crippen LogP) is 1.85. The summed E-state index contributed by atoms with van der Waals surface area (Å²) in [5, 5.41) is 0. The lowest BCUT2D eigenvalue weighted by atomic mass is 10.1. The summed E-state index contributed by atoms with van der Waals surface area (Å²) in [5.74, 6) is -0.120. The summed E-state index contributed by atoms with van der Waals surface area (Å²) in [6.45, 7) is 0.833. The molecule has 0 aromatic rings. The smallest absolute Gasteiger partial charge is 0.305 e. The van der Waals surface area contributed by atoms with Gasteiger partial charge in [0.1, 0.15) is 0 Å². The quantitative estimate of drug-likeness (QED) is 0.381. The van der Waals surface area contributed by atoms with Gasteiger partial charge in [-0.05, 0) is 24.6 Å². The molecular formula is C8H16ClNO2. The second-order valence-corrected chi connectivity index (χ2v) is 2.89. The van der Waals surface area contributed by atoms with E-state index in [0.717, 1.165) is 32.2 Å². The molecule has 0 aliphatic heterocycles. The standard InChI is InChI=1S/C8H16ClNO2/c1-12-8(11)6-4-2-3-5-7-10-9/h10H,2-7H2,1H3. The highest BCUT2D eigenvalue weighted by atomic mass is 35.5. The summed E-state index contributed by atoms with van der Waals surface area (Å²) in [5.41, 5.74) is 0. The lowest BCUT2D eigenvalue weighted by Gasteiger charge is -1.99. The maximum Gasteiger partial charge on any atom is 0.305 e. The number of esters is 1. The highest BCUT2D eigenvalue weighted by Crippen LogP contribution is 2.03. The molecule has 0 bridgehead atoms. The minimum absolute atomic E-state index is 0.120. The van der Waals surface area contributed by atoms with E-state index in [9.17, 15) is 4.79 Å². The van der Waals surface area contributed by atoms with Crippen molar-refractivity contribution in [3.05, 3.63) is 0 Å². The summed E-state index contributed by atoms with van der Waals surface area (Å²) < 4.78 is 4.51. The van der Waals surface area contributed by atoms with Gasteiger partial charge >= 0.3 is 5.97 Å². The summed E-state index contributed by atoms with van der Waals surface area (Å²) >= 11 is 5.26. The third-order valence-electron chi connectivity index (χ3n) is 1.63. The molecule has 3 nitrogen and oxygen atoms in total. The van der Waals surface area contributed by atoms with Crippen LogP contribution in [0.4, 0.5) is 0 Å². The van der Waals surface area contributed by atoms with Crippen molar-refractivity contribution in [2.75, 3.05) is 13.7 Å². The van der Waals surface area contributed by atoms with Crippen LogP contribution in [0.25, 0.3) is 0 Å². The number of hydrogen-bond acceptors (Lipinski definition) is 3. The first-order valence-corrected chi connectivity index (χ1v) is 4.59. The number of halogens is 1. The van der Waals surface area contributed by atoms with E-state index in [-0.39, 0.29) is 5.97 Å². The first-order chi connectivity index (χ1) is 5.81. The van der Waals surface area contributed by atoms with Gasteiger partial charge in [0, 0.05) is 13.0 Å². The summed E-state index contributed by atoms with van der Waals surface area (Å²) in [6, 6.07) is 0. The number of carbonyl (C=O) groups excluding carboxylic acids is 1. The Labute approximate surface area is 78.5 Å². The van der Waals surface area contributed by atoms with Crippen LogP contribution in [0.1, 0.15) is 32.1 Å². The molecule has 1 N–H and O–H groups in total. The Hall–Kier alpha value is -0.280. The van der Waals surface area contributed by atoms with Crippen LogP contribution >= 0.6 is 11.8 Å². The predicted molar refractivity (Wildman–Crippen MR) is 49.0 cm³/mol. The van der Waals surface area contributed by atoms with Gasteiger partial charge in [0.25, 0.3) is 0 Å². The van der Waals surface area contributed by atoms with Crippen molar-refractivity contribution in [2.24, 2.45) is 0 Å². The number of ether oxygens (including phenoxy) is 1. The van der Waals surface area contributed by atoms with Crippen LogP contribution in [-0.2, 0) is 9.53 Å². The van der Waals surface area contributed by atoms with Crippen molar-refractivity contribution in [1.29, 1.82) is 0 Å². The normalized spacial score (nSPS) is 9.83. The molecule has 0 radical (unpaired) electrons. The van der Waals surface area contributed by atoms with Crippen LogP contribution in [0.15, 0.2) is 0 Å². The fraction of sp³-hybridized carbons (Fsp3) is 0.875. The first kappa shape index (κ1) is 11.7. The Kier molecular flexibility index (Phi) is 8.61. The minimum Gasteiger partial charge on any atom is -0.469 e. The third kappa shape index (κ3) is 7.82. The molecule has 0 aliphatic carbocycles. The molecule has 0 saturated carbocycles. The summed E-state index contributed by atoms with van der Waals surface area (Å²) in [4.78, 5) is 13.2. The lowest BCUT2D eigenvalue weighted by molar-refractivity contribution is -0.140. The molecule has 0 aromatic carbocycles. The van der Waals surface area contributed by atoms with Crippen LogP contribution < -0.4 is 4.84 Å². The molecule has 0 atom stereocenters. The molecule has 0 unspecified atom stereocenters. The van der Waals surface area contributed by atoms with Crippen molar-refractivity contribution < 1.29 is 9.53 Å². The lowest BCUT2D eigenvalue weighted by Crippen LogP contribution is -2.01. The zero-order valence-corrected chi connectivity index (χ0v) is 8.19. The van der Waals surface area contributed by atoms with Gasteiger partial charge in [-0.25, -0.2) is 4.84 Å². The van der Waals surface area contributed by atoms with Crippen LogP contribution in [0.5, 0.6) is 0 Å². The maximum atomic E-state index is 10.6. The van der Waals surface area contributed by atoms with E-state index in [1.165, 1.54) is 7.11 Å². The first-order valence-electron chi connectivity index (χ1n) is 4.21. The number of methoxy groups -OCH3 is 1. The van der Waals surface area contributed by atoms with Crippen molar-refractivity contribution in [3.63, 3.8) is 0 Å². The van der Waals surface area contributed by atoms with E-state index >= 15 is 0 Å². The Bertz CT molecular complexity index is 120. The van der Waals surface area contributed by atoms with E-state index in [4.69, 9.17) is 11.8 Å². The molecule has 0 heterocycles. The second-order valence-electron chi connectivity index (χ2n) is 2.62. The highest BCUT2D eigenvalue weighted by molar-refractivity contribution is 6.13. The van der Waals surface area contributed by atoms with Crippen molar-refractivity contribution in [3.8, 4) is 0 Å². The molecule has 0 aromatic heterocycles. The highest BCUT2D eigenvalue weighted by Gasteiger charge is 1.98. The van der Waals surface area contributed by atoms with Crippen molar-refractivity contribution in [1.82, 2.24) is 4.84 Å². The molecule has 4 heteroatoms.